The van der Waals surface area contributed by atoms with E-state index in [9.17, 15) is 5.11 Å². The van der Waals surface area contributed by atoms with Gasteiger partial charge in [0.25, 0.3) is 0 Å². The van der Waals surface area contributed by atoms with E-state index in [0.29, 0.717) is 6.54 Å². The van der Waals surface area contributed by atoms with Crippen molar-refractivity contribution in [1.29, 1.82) is 0 Å². The molecule has 1 atom stereocenters. The van der Waals surface area contributed by atoms with Crippen molar-refractivity contribution < 1.29 is 5.11 Å². The van der Waals surface area contributed by atoms with Gasteiger partial charge in [-0.05, 0) is 26.5 Å². The standard InChI is InChI=1S/C12H19NO/c1-10-5-4-6-12(7-10)9-13(3)8-11(2)14/h4-7,11,14H,8-9H2,1-3H3/t11-/m0/s1. The summed E-state index contributed by atoms with van der Waals surface area (Å²) in [6, 6.07) is 8.46. The molecule has 0 heterocycles. The molecule has 0 saturated carbocycles. The van der Waals surface area contributed by atoms with E-state index in [0.717, 1.165) is 6.54 Å². The molecule has 1 N–H and O–H groups in total. The molecule has 1 rings (SSSR count). The van der Waals surface area contributed by atoms with Crippen LogP contribution in [0.1, 0.15) is 18.1 Å². The highest BCUT2D eigenvalue weighted by Gasteiger charge is 2.03. The first-order valence-corrected chi connectivity index (χ1v) is 5.00. The van der Waals surface area contributed by atoms with Gasteiger partial charge in [-0.25, -0.2) is 0 Å². The van der Waals surface area contributed by atoms with Crippen LogP contribution in [0.5, 0.6) is 0 Å². The Morgan fingerprint density at radius 2 is 2.14 bits per heavy atom. The zero-order valence-electron chi connectivity index (χ0n) is 9.20. The van der Waals surface area contributed by atoms with Crippen LogP contribution in [0.15, 0.2) is 24.3 Å². The van der Waals surface area contributed by atoms with Gasteiger partial charge in [-0.1, -0.05) is 29.8 Å². The fraction of sp³-hybridized carbons (Fsp3) is 0.500. The monoisotopic (exact) mass is 193 g/mol. The van der Waals surface area contributed by atoms with E-state index in [1.54, 1.807) is 0 Å². The number of benzene rings is 1. The van der Waals surface area contributed by atoms with E-state index in [-0.39, 0.29) is 6.10 Å². The molecule has 0 radical (unpaired) electrons. The highest BCUT2D eigenvalue weighted by atomic mass is 16.3. The second-order valence-electron chi connectivity index (χ2n) is 4.03. The van der Waals surface area contributed by atoms with Gasteiger partial charge in [-0.3, -0.25) is 4.90 Å². The lowest BCUT2D eigenvalue weighted by molar-refractivity contribution is 0.138. The molecule has 0 fully saturated rings. The van der Waals surface area contributed by atoms with Crippen molar-refractivity contribution in [3.63, 3.8) is 0 Å². The second-order valence-corrected chi connectivity index (χ2v) is 4.03. The first-order chi connectivity index (χ1) is 6.58. The summed E-state index contributed by atoms with van der Waals surface area (Å²) in [6.07, 6.45) is -0.259. The predicted molar refractivity (Wildman–Crippen MR) is 59.2 cm³/mol. The number of aliphatic hydroxyl groups excluding tert-OH is 1. The minimum absolute atomic E-state index is 0.259. The van der Waals surface area contributed by atoms with Crippen molar-refractivity contribution in [2.75, 3.05) is 13.6 Å². The van der Waals surface area contributed by atoms with Crippen LogP contribution in [-0.4, -0.2) is 29.7 Å². The molecule has 1 aromatic rings. The molecular formula is C12H19NO. The largest absolute Gasteiger partial charge is 0.392 e. The summed E-state index contributed by atoms with van der Waals surface area (Å²) in [5.74, 6) is 0. The second kappa shape index (κ2) is 5.13. The van der Waals surface area contributed by atoms with Crippen molar-refractivity contribution in [2.24, 2.45) is 0 Å². The summed E-state index contributed by atoms with van der Waals surface area (Å²) in [5, 5.41) is 9.21. The van der Waals surface area contributed by atoms with E-state index >= 15 is 0 Å². The maximum absolute atomic E-state index is 9.21. The smallest absolute Gasteiger partial charge is 0.0639 e. The molecule has 0 aromatic heterocycles. The molecule has 2 heteroatoms. The maximum atomic E-state index is 9.21. The Balaban J connectivity index is 2.51. The Hall–Kier alpha value is -0.860. The summed E-state index contributed by atoms with van der Waals surface area (Å²) >= 11 is 0. The Kier molecular flexibility index (Phi) is 4.11. The van der Waals surface area contributed by atoms with Crippen LogP contribution in [0.2, 0.25) is 0 Å². The van der Waals surface area contributed by atoms with Gasteiger partial charge in [-0.15, -0.1) is 0 Å². The van der Waals surface area contributed by atoms with Crippen molar-refractivity contribution in [3.8, 4) is 0 Å². The average Bonchev–Trinajstić information content (AvgIpc) is 2.01. The van der Waals surface area contributed by atoms with Crippen molar-refractivity contribution in [2.45, 2.75) is 26.5 Å². The molecular weight excluding hydrogens is 174 g/mol. The minimum atomic E-state index is -0.259. The zero-order chi connectivity index (χ0) is 10.6. The summed E-state index contributed by atoms with van der Waals surface area (Å²) < 4.78 is 0. The van der Waals surface area contributed by atoms with Crippen molar-refractivity contribution in [1.82, 2.24) is 4.90 Å². The number of nitrogens with zero attached hydrogens (tertiary/aromatic N) is 1. The lowest BCUT2D eigenvalue weighted by Crippen LogP contribution is -2.26. The molecule has 0 amide bonds. The summed E-state index contributed by atoms with van der Waals surface area (Å²) in [6.45, 7) is 5.52. The van der Waals surface area contributed by atoms with Gasteiger partial charge in [0.1, 0.15) is 0 Å². The fourth-order valence-electron chi connectivity index (χ4n) is 1.64. The number of hydrogen-bond acceptors (Lipinski definition) is 2. The molecule has 0 unspecified atom stereocenters. The van der Waals surface area contributed by atoms with Crippen LogP contribution >= 0.6 is 0 Å². The number of aliphatic hydroxyl groups is 1. The van der Waals surface area contributed by atoms with Gasteiger partial charge in [0.05, 0.1) is 6.10 Å². The Labute approximate surface area is 86.2 Å². The van der Waals surface area contributed by atoms with Gasteiger partial charge in [0.2, 0.25) is 0 Å². The Bertz CT molecular complexity index is 283. The third-order valence-corrected chi connectivity index (χ3v) is 2.11. The highest BCUT2D eigenvalue weighted by Crippen LogP contribution is 2.06. The Morgan fingerprint density at radius 1 is 1.43 bits per heavy atom. The van der Waals surface area contributed by atoms with Crippen molar-refractivity contribution in [3.05, 3.63) is 35.4 Å². The molecule has 14 heavy (non-hydrogen) atoms. The summed E-state index contributed by atoms with van der Waals surface area (Å²) in [4.78, 5) is 2.12. The van der Waals surface area contributed by atoms with Crippen LogP contribution < -0.4 is 0 Å². The van der Waals surface area contributed by atoms with Crippen LogP contribution in [-0.2, 0) is 6.54 Å². The molecule has 78 valence electrons. The molecule has 0 saturated heterocycles. The molecule has 0 aliphatic rings. The highest BCUT2D eigenvalue weighted by molar-refractivity contribution is 5.21. The number of likely N-dealkylation sites (N-methyl/N-ethyl adjacent to an activating group) is 1. The van der Waals surface area contributed by atoms with Gasteiger partial charge in [-0.2, -0.15) is 0 Å². The van der Waals surface area contributed by atoms with Crippen LogP contribution in [0.3, 0.4) is 0 Å². The molecule has 0 spiro atoms. The zero-order valence-corrected chi connectivity index (χ0v) is 9.20. The quantitative estimate of drug-likeness (QED) is 0.788. The average molecular weight is 193 g/mol. The van der Waals surface area contributed by atoms with E-state index < -0.39 is 0 Å². The summed E-state index contributed by atoms with van der Waals surface area (Å²) in [5.41, 5.74) is 2.58. The predicted octanol–water partition coefficient (Wildman–Crippen LogP) is 1.81. The van der Waals surface area contributed by atoms with Gasteiger partial charge < -0.3 is 5.11 Å². The number of rotatable bonds is 4. The Morgan fingerprint density at radius 3 is 2.71 bits per heavy atom. The van der Waals surface area contributed by atoms with E-state index in [1.165, 1.54) is 11.1 Å². The van der Waals surface area contributed by atoms with E-state index in [1.807, 2.05) is 14.0 Å². The fourth-order valence-corrected chi connectivity index (χ4v) is 1.64. The van der Waals surface area contributed by atoms with Gasteiger partial charge >= 0.3 is 0 Å². The van der Waals surface area contributed by atoms with Crippen LogP contribution in [0.25, 0.3) is 0 Å². The molecule has 0 bridgehead atoms. The first kappa shape index (κ1) is 11.2. The minimum Gasteiger partial charge on any atom is -0.392 e. The van der Waals surface area contributed by atoms with E-state index in [2.05, 4.69) is 36.1 Å². The van der Waals surface area contributed by atoms with Crippen LogP contribution in [0.4, 0.5) is 0 Å². The SMILES string of the molecule is Cc1cccc(CN(C)C[C@H](C)O)c1. The van der Waals surface area contributed by atoms with Gasteiger partial charge in [0, 0.05) is 13.1 Å². The lowest BCUT2D eigenvalue weighted by Gasteiger charge is -2.18. The third-order valence-electron chi connectivity index (χ3n) is 2.11. The molecule has 2 nitrogen and oxygen atoms in total. The topological polar surface area (TPSA) is 23.5 Å². The van der Waals surface area contributed by atoms with E-state index in [4.69, 9.17) is 0 Å². The first-order valence-electron chi connectivity index (χ1n) is 5.00. The van der Waals surface area contributed by atoms with Gasteiger partial charge in [0.15, 0.2) is 0 Å². The molecule has 0 aliphatic heterocycles. The third kappa shape index (κ3) is 3.90. The maximum Gasteiger partial charge on any atom is 0.0639 e. The number of aryl methyl sites for hydroxylation is 1. The summed E-state index contributed by atoms with van der Waals surface area (Å²) in [7, 11) is 2.02. The number of hydrogen-bond donors (Lipinski definition) is 1. The van der Waals surface area contributed by atoms with Crippen molar-refractivity contribution >= 4 is 0 Å². The van der Waals surface area contributed by atoms with Crippen LogP contribution in [0, 0.1) is 6.92 Å². The lowest BCUT2D eigenvalue weighted by atomic mass is 10.1. The normalized spacial score (nSPS) is 13.2. The molecule has 1 aromatic carbocycles. The molecule has 0 aliphatic carbocycles.